The van der Waals surface area contributed by atoms with Crippen LogP contribution in [0.4, 0.5) is 0 Å². The zero-order valence-electron chi connectivity index (χ0n) is 12.2. The second-order valence-corrected chi connectivity index (χ2v) is 6.47. The molecule has 0 radical (unpaired) electrons. The van der Waals surface area contributed by atoms with E-state index in [2.05, 4.69) is 4.98 Å². The number of carbonyl (C=O) groups is 2. The minimum Gasteiger partial charge on any atom is -0.454 e. The fourth-order valence-corrected chi connectivity index (χ4v) is 3.92. The Labute approximate surface area is 140 Å². The molecule has 3 aromatic rings. The van der Waals surface area contributed by atoms with E-state index in [1.54, 1.807) is 30.3 Å². The lowest BCUT2D eigenvalue weighted by Gasteiger charge is -2.11. The number of ether oxygens (including phenoxy) is 2. The van der Waals surface area contributed by atoms with Crippen LogP contribution in [-0.2, 0) is 0 Å². The fraction of sp³-hybridized carbons (Fsp3) is 0.0556. The van der Waals surface area contributed by atoms with Gasteiger partial charge in [-0.1, -0.05) is 24.3 Å². The molecule has 0 unspecified atom stereocenters. The predicted octanol–water partition coefficient (Wildman–Crippen LogP) is 3.31. The molecule has 5 nitrogen and oxygen atoms in total. The summed E-state index contributed by atoms with van der Waals surface area (Å²) in [6.45, 7) is 0.194. The monoisotopic (exact) mass is 335 g/mol. The van der Waals surface area contributed by atoms with Crippen molar-refractivity contribution < 1.29 is 19.1 Å². The summed E-state index contributed by atoms with van der Waals surface area (Å²) in [5.74, 6) is 0.967. The molecule has 0 spiro atoms. The summed E-state index contributed by atoms with van der Waals surface area (Å²) < 4.78 is 10.7. The molecule has 116 valence electrons. The molecule has 1 aromatic heterocycles. The Hall–Kier alpha value is -2.99. The van der Waals surface area contributed by atoms with Gasteiger partial charge in [0.25, 0.3) is 0 Å². The van der Waals surface area contributed by atoms with Gasteiger partial charge in [-0.3, -0.25) is 9.59 Å². The van der Waals surface area contributed by atoms with Gasteiger partial charge in [0, 0.05) is 16.7 Å². The Morgan fingerprint density at radius 3 is 2.50 bits per heavy atom. The third kappa shape index (κ3) is 1.77. The summed E-state index contributed by atoms with van der Waals surface area (Å²) in [7, 11) is 0. The van der Waals surface area contributed by atoms with Gasteiger partial charge in [-0.25, -0.2) is 4.98 Å². The molecule has 0 saturated heterocycles. The molecule has 0 bridgehead atoms. The molecule has 6 heteroatoms. The highest BCUT2D eigenvalue weighted by Gasteiger charge is 2.33. The third-order valence-corrected chi connectivity index (χ3v) is 5.19. The highest BCUT2D eigenvalue weighted by atomic mass is 32.1. The van der Waals surface area contributed by atoms with Crippen LogP contribution in [0.3, 0.4) is 0 Å². The number of thiazole rings is 1. The Balaban J connectivity index is 1.65. The maximum Gasteiger partial charge on any atom is 0.231 e. The van der Waals surface area contributed by atoms with Crippen molar-refractivity contribution in [2.75, 3.05) is 6.79 Å². The molecule has 2 heterocycles. The van der Waals surface area contributed by atoms with Gasteiger partial charge in [0.1, 0.15) is 15.6 Å². The van der Waals surface area contributed by atoms with Gasteiger partial charge in [-0.15, -0.1) is 11.3 Å². The molecule has 0 fully saturated rings. The molecule has 24 heavy (non-hydrogen) atoms. The summed E-state index contributed by atoms with van der Waals surface area (Å²) >= 11 is 1.23. The van der Waals surface area contributed by atoms with Crippen molar-refractivity contribution >= 4 is 22.9 Å². The molecule has 2 aliphatic rings. The smallest absolute Gasteiger partial charge is 0.231 e. The van der Waals surface area contributed by atoms with E-state index in [0.717, 1.165) is 5.56 Å². The lowest BCUT2D eigenvalue weighted by Crippen LogP contribution is -2.19. The first-order valence-electron chi connectivity index (χ1n) is 7.31. The van der Waals surface area contributed by atoms with Crippen LogP contribution >= 0.6 is 11.3 Å². The minimum absolute atomic E-state index is 0.148. The first-order valence-corrected chi connectivity index (χ1v) is 8.13. The van der Waals surface area contributed by atoms with E-state index in [-0.39, 0.29) is 24.1 Å². The van der Waals surface area contributed by atoms with Crippen molar-refractivity contribution in [1.82, 2.24) is 4.98 Å². The zero-order valence-corrected chi connectivity index (χ0v) is 13.1. The number of nitrogens with zero attached hydrogens (tertiary/aromatic N) is 1. The first kappa shape index (κ1) is 13.4. The number of hydrogen-bond donors (Lipinski definition) is 0. The van der Waals surface area contributed by atoms with Gasteiger partial charge >= 0.3 is 0 Å². The van der Waals surface area contributed by atoms with Crippen LogP contribution in [0, 0.1) is 0 Å². The van der Waals surface area contributed by atoms with Crippen LogP contribution in [0.5, 0.6) is 11.5 Å². The molecule has 0 saturated carbocycles. The predicted molar refractivity (Wildman–Crippen MR) is 87.0 cm³/mol. The first-order chi connectivity index (χ1) is 11.7. The van der Waals surface area contributed by atoms with Crippen molar-refractivity contribution in [2.24, 2.45) is 0 Å². The van der Waals surface area contributed by atoms with E-state index >= 15 is 0 Å². The summed E-state index contributed by atoms with van der Waals surface area (Å²) in [6, 6.07) is 12.3. The molecular formula is C18H9NO4S. The van der Waals surface area contributed by atoms with Crippen molar-refractivity contribution in [3.8, 4) is 22.1 Å². The molecule has 0 amide bonds. The zero-order chi connectivity index (χ0) is 16.3. The quantitative estimate of drug-likeness (QED) is 0.534. The van der Waals surface area contributed by atoms with Gasteiger partial charge < -0.3 is 9.47 Å². The van der Waals surface area contributed by atoms with Gasteiger partial charge in [-0.05, 0) is 18.2 Å². The summed E-state index contributed by atoms with van der Waals surface area (Å²) in [6.07, 6.45) is 0. The van der Waals surface area contributed by atoms with Crippen LogP contribution in [0.25, 0.3) is 10.6 Å². The van der Waals surface area contributed by atoms with Crippen LogP contribution in [-0.4, -0.2) is 23.3 Å². The van der Waals surface area contributed by atoms with Crippen LogP contribution in [0.2, 0.25) is 0 Å². The maximum absolute atomic E-state index is 12.7. The van der Waals surface area contributed by atoms with Crippen molar-refractivity contribution in [2.45, 2.75) is 0 Å². The number of aromatic nitrogens is 1. The standard InChI is InChI=1S/C18H9NO4S/c20-15-10-3-1-2-4-11(10)16(21)17-14(15)19-18(24-17)9-5-6-12-13(7-9)23-8-22-12/h1-7H,8H2. The van der Waals surface area contributed by atoms with E-state index in [9.17, 15) is 9.59 Å². The van der Waals surface area contributed by atoms with E-state index in [1.807, 2.05) is 12.1 Å². The highest BCUT2D eigenvalue weighted by molar-refractivity contribution is 7.17. The van der Waals surface area contributed by atoms with E-state index < -0.39 is 0 Å². The Bertz CT molecular complexity index is 985. The minimum atomic E-state index is -0.205. The third-order valence-electron chi connectivity index (χ3n) is 4.08. The summed E-state index contributed by atoms with van der Waals surface area (Å²) in [5, 5.41) is 0.618. The van der Waals surface area contributed by atoms with Crippen molar-refractivity contribution in [1.29, 1.82) is 0 Å². The average Bonchev–Trinajstić information content (AvgIpc) is 3.26. The largest absolute Gasteiger partial charge is 0.454 e. The molecule has 1 aliphatic carbocycles. The van der Waals surface area contributed by atoms with Crippen LogP contribution in [0.1, 0.15) is 31.3 Å². The molecular weight excluding hydrogens is 326 g/mol. The van der Waals surface area contributed by atoms with E-state index in [1.165, 1.54) is 11.3 Å². The van der Waals surface area contributed by atoms with Gasteiger partial charge in [0.2, 0.25) is 18.4 Å². The second-order valence-electron chi connectivity index (χ2n) is 5.47. The number of hydrogen-bond acceptors (Lipinski definition) is 6. The number of fused-ring (bicyclic) bond motifs is 3. The average molecular weight is 335 g/mol. The van der Waals surface area contributed by atoms with Crippen molar-refractivity contribution in [3.63, 3.8) is 0 Å². The number of carbonyl (C=O) groups excluding carboxylic acids is 2. The molecule has 1 aliphatic heterocycles. The van der Waals surface area contributed by atoms with E-state index in [4.69, 9.17) is 9.47 Å². The molecule has 2 aromatic carbocycles. The Morgan fingerprint density at radius 1 is 0.917 bits per heavy atom. The fourth-order valence-electron chi connectivity index (χ4n) is 2.91. The molecule has 5 rings (SSSR count). The Morgan fingerprint density at radius 2 is 1.67 bits per heavy atom. The van der Waals surface area contributed by atoms with Gasteiger partial charge in [0.05, 0.1) is 0 Å². The normalized spacial score (nSPS) is 14.5. The topological polar surface area (TPSA) is 65.5 Å². The van der Waals surface area contributed by atoms with Crippen LogP contribution < -0.4 is 9.47 Å². The molecule has 0 atom stereocenters. The maximum atomic E-state index is 12.7. The van der Waals surface area contributed by atoms with Gasteiger partial charge in [0.15, 0.2) is 11.5 Å². The number of benzene rings is 2. The second kappa shape index (κ2) is 4.75. The van der Waals surface area contributed by atoms with Crippen molar-refractivity contribution in [3.05, 3.63) is 64.2 Å². The lowest BCUT2D eigenvalue weighted by molar-refractivity contribution is 0.0979. The van der Waals surface area contributed by atoms with Gasteiger partial charge in [-0.2, -0.15) is 0 Å². The SMILES string of the molecule is O=C1c2ccccc2C(=O)c2sc(-c3ccc4c(c3)OCO4)nc21. The summed E-state index contributed by atoms with van der Waals surface area (Å²) in [4.78, 5) is 30.1. The number of rotatable bonds is 1. The Kier molecular flexibility index (Phi) is 2.66. The van der Waals surface area contributed by atoms with Crippen LogP contribution in [0.15, 0.2) is 42.5 Å². The number of ketones is 2. The summed E-state index contributed by atoms with van der Waals surface area (Å²) in [5.41, 5.74) is 1.88. The lowest BCUT2D eigenvalue weighted by atomic mass is 9.91. The van der Waals surface area contributed by atoms with E-state index in [0.29, 0.717) is 32.5 Å². The molecule has 0 N–H and O–H groups in total. The highest BCUT2D eigenvalue weighted by Crippen LogP contribution is 2.39.